The molecule has 1 aromatic carbocycles. The molecule has 0 amide bonds. The van der Waals surface area contributed by atoms with E-state index in [1.54, 1.807) is 0 Å². The summed E-state index contributed by atoms with van der Waals surface area (Å²) in [6.07, 6.45) is 2.86. The van der Waals surface area contributed by atoms with Crippen LogP contribution in [-0.2, 0) is 6.42 Å². The Morgan fingerprint density at radius 1 is 1.30 bits per heavy atom. The van der Waals surface area contributed by atoms with Crippen molar-refractivity contribution in [3.63, 3.8) is 0 Å². The summed E-state index contributed by atoms with van der Waals surface area (Å²) < 4.78 is 5.71. The number of aromatic nitrogens is 2. The maximum Gasteiger partial charge on any atom is 0.122 e. The first-order valence-corrected chi connectivity index (χ1v) is 7.35. The quantitative estimate of drug-likeness (QED) is 0.904. The van der Waals surface area contributed by atoms with E-state index in [1.165, 1.54) is 22.5 Å². The molecule has 20 heavy (non-hydrogen) atoms. The van der Waals surface area contributed by atoms with E-state index in [2.05, 4.69) is 48.9 Å². The van der Waals surface area contributed by atoms with Crippen LogP contribution < -0.4 is 4.74 Å². The van der Waals surface area contributed by atoms with Gasteiger partial charge in [-0.3, -0.25) is 0 Å². The number of rotatable bonds is 2. The molecule has 2 aliphatic rings. The summed E-state index contributed by atoms with van der Waals surface area (Å²) >= 11 is 0. The number of fused-ring (bicyclic) bond motifs is 1. The molecule has 1 N–H and O–H groups in total. The number of aromatic amines is 1. The van der Waals surface area contributed by atoms with Gasteiger partial charge in [-0.05, 0) is 29.9 Å². The van der Waals surface area contributed by atoms with Crippen molar-refractivity contribution in [2.24, 2.45) is 5.41 Å². The van der Waals surface area contributed by atoms with Crippen LogP contribution in [0.3, 0.4) is 0 Å². The lowest BCUT2D eigenvalue weighted by molar-refractivity contribution is 0.357. The fourth-order valence-corrected chi connectivity index (χ4v) is 3.95. The van der Waals surface area contributed by atoms with Crippen LogP contribution in [0.15, 0.2) is 24.5 Å². The van der Waals surface area contributed by atoms with Gasteiger partial charge >= 0.3 is 0 Å². The Balaban J connectivity index is 1.77. The number of H-pyrrole nitrogens is 1. The second-order valence-corrected chi connectivity index (χ2v) is 6.61. The number of imidazole rings is 1. The second-order valence-electron chi connectivity index (χ2n) is 6.61. The van der Waals surface area contributed by atoms with Gasteiger partial charge in [0.25, 0.3) is 0 Å². The van der Waals surface area contributed by atoms with E-state index in [0.717, 1.165) is 18.8 Å². The largest absolute Gasteiger partial charge is 0.493 e. The molecule has 2 heterocycles. The van der Waals surface area contributed by atoms with Gasteiger partial charge in [0.2, 0.25) is 0 Å². The highest BCUT2D eigenvalue weighted by molar-refractivity contribution is 5.51. The van der Waals surface area contributed by atoms with Gasteiger partial charge in [-0.2, -0.15) is 0 Å². The van der Waals surface area contributed by atoms with Crippen molar-refractivity contribution in [3.8, 4) is 5.75 Å². The van der Waals surface area contributed by atoms with Gasteiger partial charge in [-0.15, -0.1) is 0 Å². The Labute approximate surface area is 119 Å². The summed E-state index contributed by atoms with van der Waals surface area (Å²) in [6.45, 7) is 7.65. The van der Waals surface area contributed by atoms with E-state index < -0.39 is 0 Å². The van der Waals surface area contributed by atoms with E-state index >= 15 is 0 Å². The average molecular weight is 268 g/mol. The highest BCUT2D eigenvalue weighted by Gasteiger charge is 2.61. The summed E-state index contributed by atoms with van der Waals surface area (Å²) in [6, 6.07) is 6.50. The molecule has 0 bridgehead atoms. The molecule has 0 spiro atoms. The van der Waals surface area contributed by atoms with Crippen molar-refractivity contribution in [1.29, 1.82) is 0 Å². The third kappa shape index (κ3) is 1.49. The molecule has 1 aliphatic heterocycles. The zero-order chi connectivity index (χ0) is 13.9. The van der Waals surface area contributed by atoms with E-state index in [9.17, 15) is 0 Å². The van der Waals surface area contributed by atoms with Crippen molar-refractivity contribution in [2.45, 2.75) is 39.0 Å². The van der Waals surface area contributed by atoms with Gasteiger partial charge in [0, 0.05) is 23.6 Å². The minimum Gasteiger partial charge on any atom is -0.493 e. The van der Waals surface area contributed by atoms with Crippen molar-refractivity contribution in [3.05, 3.63) is 47.0 Å². The summed E-state index contributed by atoms with van der Waals surface area (Å²) in [5.41, 5.74) is 5.60. The monoisotopic (exact) mass is 268 g/mol. The van der Waals surface area contributed by atoms with Crippen molar-refractivity contribution in [1.82, 2.24) is 9.97 Å². The van der Waals surface area contributed by atoms with Crippen LogP contribution in [0.2, 0.25) is 0 Å². The van der Waals surface area contributed by atoms with Gasteiger partial charge in [-0.1, -0.05) is 26.0 Å². The van der Waals surface area contributed by atoms with Crippen LogP contribution in [0.25, 0.3) is 0 Å². The molecule has 1 aromatic heterocycles. The number of hydrogen-bond donors (Lipinski definition) is 1. The summed E-state index contributed by atoms with van der Waals surface area (Å²) in [5, 5.41) is 0. The number of aryl methyl sites for hydroxylation is 1. The highest BCUT2D eigenvalue weighted by Crippen LogP contribution is 2.70. The third-order valence-corrected chi connectivity index (χ3v) is 5.10. The lowest BCUT2D eigenvalue weighted by Crippen LogP contribution is -1.94. The molecule has 2 unspecified atom stereocenters. The molecule has 3 heteroatoms. The fourth-order valence-electron chi connectivity index (χ4n) is 3.95. The molecule has 104 valence electrons. The molecule has 1 aliphatic carbocycles. The normalized spacial score (nSPS) is 26.1. The Morgan fingerprint density at radius 3 is 2.90 bits per heavy atom. The van der Waals surface area contributed by atoms with E-state index in [0.29, 0.717) is 11.8 Å². The molecule has 0 radical (unpaired) electrons. The minimum absolute atomic E-state index is 0.275. The zero-order valence-corrected chi connectivity index (χ0v) is 12.2. The fraction of sp³-hybridized carbons (Fsp3) is 0.471. The first-order chi connectivity index (χ1) is 9.60. The van der Waals surface area contributed by atoms with Gasteiger partial charge in [0.1, 0.15) is 5.75 Å². The number of nitrogens with zero attached hydrogens (tertiary/aromatic N) is 1. The van der Waals surface area contributed by atoms with Crippen LogP contribution in [0.5, 0.6) is 5.75 Å². The van der Waals surface area contributed by atoms with E-state index in [-0.39, 0.29) is 5.41 Å². The SMILES string of the molecule is Cc1[nH]cnc1C1C(c2cccc3c2CCO3)C1(C)C. The molecule has 2 atom stereocenters. The first-order valence-electron chi connectivity index (χ1n) is 7.35. The van der Waals surface area contributed by atoms with Crippen LogP contribution in [0.1, 0.15) is 48.2 Å². The molecule has 3 nitrogen and oxygen atoms in total. The smallest absolute Gasteiger partial charge is 0.122 e. The van der Waals surface area contributed by atoms with Gasteiger partial charge in [0.15, 0.2) is 0 Å². The predicted molar refractivity (Wildman–Crippen MR) is 78.2 cm³/mol. The Kier molecular flexibility index (Phi) is 2.33. The lowest BCUT2D eigenvalue weighted by atomic mass is 9.96. The molecule has 4 rings (SSSR count). The third-order valence-electron chi connectivity index (χ3n) is 5.10. The molecular weight excluding hydrogens is 248 g/mol. The lowest BCUT2D eigenvalue weighted by Gasteiger charge is -2.08. The Morgan fingerprint density at radius 2 is 2.15 bits per heavy atom. The van der Waals surface area contributed by atoms with Crippen molar-refractivity contribution < 1.29 is 4.74 Å². The Bertz CT molecular complexity index is 671. The van der Waals surface area contributed by atoms with Gasteiger partial charge < -0.3 is 9.72 Å². The van der Waals surface area contributed by atoms with E-state index in [1.807, 2.05) is 6.33 Å². The zero-order valence-electron chi connectivity index (χ0n) is 12.2. The molecule has 1 saturated carbocycles. The van der Waals surface area contributed by atoms with Crippen molar-refractivity contribution >= 4 is 0 Å². The maximum atomic E-state index is 5.71. The number of benzene rings is 1. The standard InChI is InChI=1S/C17H20N2O/c1-10-16(19-9-18-10)15-14(17(15,2)3)12-5-4-6-13-11(12)7-8-20-13/h4-6,9,14-15H,7-8H2,1-3H3,(H,18,19). The van der Waals surface area contributed by atoms with Crippen LogP contribution in [0.4, 0.5) is 0 Å². The van der Waals surface area contributed by atoms with Gasteiger partial charge in [0.05, 0.1) is 18.6 Å². The number of ether oxygens (including phenoxy) is 1. The second kappa shape index (κ2) is 3.87. The van der Waals surface area contributed by atoms with E-state index in [4.69, 9.17) is 4.74 Å². The molecule has 1 fully saturated rings. The molecular formula is C17H20N2O. The van der Waals surface area contributed by atoms with Crippen molar-refractivity contribution in [2.75, 3.05) is 6.61 Å². The van der Waals surface area contributed by atoms with Crippen LogP contribution in [0, 0.1) is 12.3 Å². The topological polar surface area (TPSA) is 37.9 Å². The Hall–Kier alpha value is -1.77. The molecule has 2 aromatic rings. The summed E-state index contributed by atoms with van der Waals surface area (Å²) in [5.74, 6) is 2.16. The maximum absolute atomic E-state index is 5.71. The average Bonchev–Trinajstić information content (AvgIpc) is 2.83. The first kappa shape index (κ1) is 12.0. The number of hydrogen-bond acceptors (Lipinski definition) is 2. The molecule has 0 saturated heterocycles. The van der Waals surface area contributed by atoms with Gasteiger partial charge in [-0.25, -0.2) is 4.98 Å². The number of nitrogens with one attached hydrogen (secondary N) is 1. The van der Waals surface area contributed by atoms with Crippen LogP contribution in [-0.4, -0.2) is 16.6 Å². The highest BCUT2D eigenvalue weighted by atomic mass is 16.5. The summed E-state index contributed by atoms with van der Waals surface area (Å²) in [7, 11) is 0. The minimum atomic E-state index is 0.275. The van der Waals surface area contributed by atoms with Crippen LogP contribution >= 0.6 is 0 Å². The predicted octanol–water partition coefficient (Wildman–Crippen LogP) is 3.56. The summed E-state index contributed by atoms with van der Waals surface area (Å²) in [4.78, 5) is 7.77.